The summed E-state index contributed by atoms with van der Waals surface area (Å²) in [4.78, 5) is 28.7. The number of rotatable bonds is 3. The van der Waals surface area contributed by atoms with Crippen LogP contribution in [0.1, 0.15) is 12.0 Å². The molecule has 3 heterocycles. The summed E-state index contributed by atoms with van der Waals surface area (Å²) < 4.78 is 0. The van der Waals surface area contributed by atoms with Gasteiger partial charge in [-0.05, 0) is 36.1 Å². The highest BCUT2D eigenvalue weighted by atomic mass is 16.2. The zero-order valence-corrected chi connectivity index (χ0v) is 14.2. The number of carbonyl (C=O) groups excluding carboxylic acids is 1. The summed E-state index contributed by atoms with van der Waals surface area (Å²) in [5.41, 5.74) is 8.80. The highest BCUT2D eigenvalue weighted by Gasteiger charge is 2.52. The highest BCUT2D eigenvalue weighted by Crippen LogP contribution is 2.35. The van der Waals surface area contributed by atoms with Gasteiger partial charge in [0.25, 0.3) is 12.6 Å². The molecule has 1 fully saturated rings. The number of nitrogens with one attached hydrogen (secondary N) is 1. The molecule has 1 saturated carbocycles. The average Bonchev–Trinajstić information content (AvgIpc) is 3.42. The van der Waals surface area contributed by atoms with E-state index in [-0.39, 0.29) is 17.9 Å². The molecule has 3 N–H and O–H groups in total. The van der Waals surface area contributed by atoms with E-state index in [1.807, 2.05) is 19.1 Å². The minimum Gasteiger partial charge on any atom is -0.383 e. The Morgan fingerprint density at radius 1 is 1.38 bits per heavy atom. The van der Waals surface area contributed by atoms with Crippen molar-refractivity contribution in [2.75, 3.05) is 11.1 Å². The van der Waals surface area contributed by atoms with Crippen LogP contribution in [0.3, 0.4) is 0 Å². The molecule has 1 aliphatic carbocycles. The number of hydrogen-bond acceptors (Lipinski definition) is 5. The molecule has 2 atom stereocenters. The fraction of sp³-hybridized carbons (Fsp3) is 0.211. The fourth-order valence-electron chi connectivity index (χ4n) is 2.96. The van der Waals surface area contributed by atoms with Gasteiger partial charge in [-0.15, -0.1) is 0 Å². The van der Waals surface area contributed by atoms with E-state index in [0.29, 0.717) is 18.1 Å². The molecule has 0 spiro atoms. The summed E-state index contributed by atoms with van der Waals surface area (Å²) in [6, 6.07) is 5.54. The van der Waals surface area contributed by atoms with Crippen molar-refractivity contribution in [3.63, 3.8) is 0 Å². The standard InChI is InChI=1S/C19H16N6O/c1-10-3-4-22-8-13(10)16-5-11-6-17(23-9-14(11)18(20)24-16)25-19(26)12-7-15(12)21-2/h2-6,8-9,12,15H,7H2,1H3,(H2-,20,23,24,25,26)/p+1/t12-,15-/m0/s1. The number of carbonyl (C=O) groups is 1. The summed E-state index contributed by atoms with van der Waals surface area (Å²) in [6.07, 6.45) is 5.79. The summed E-state index contributed by atoms with van der Waals surface area (Å²) in [5.74, 6) is 0.551. The third-order valence-electron chi connectivity index (χ3n) is 4.60. The lowest BCUT2D eigenvalue weighted by Crippen LogP contribution is -2.16. The maximum Gasteiger partial charge on any atom is 0.285 e. The van der Waals surface area contributed by atoms with E-state index in [1.165, 1.54) is 0 Å². The predicted molar refractivity (Wildman–Crippen MR) is 101 cm³/mol. The number of nitrogens with two attached hydrogens (primary N) is 1. The molecule has 7 heteroatoms. The number of aromatic nitrogens is 3. The predicted octanol–water partition coefficient (Wildman–Crippen LogP) is 2.87. The van der Waals surface area contributed by atoms with E-state index >= 15 is 0 Å². The molecule has 0 unspecified atom stereocenters. The van der Waals surface area contributed by atoms with Gasteiger partial charge in [0.15, 0.2) is 0 Å². The van der Waals surface area contributed by atoms with E-state index < -0.39 is 0 Å². The highest BCUT2D eigenvalue weighted by molar-refractivity contribution is 5.98. The van der Waals surface area contributed by atoms with Crippen LogP contribution in [0.15, 0.2) is 36.8 Å². The Morgan fingerprint density at radius 2 is 2.23 bits per heavy atom. The summed E-state index contributed by atoms with van der Waals surface area (Å²) >= 11 is 0. The number of pyridine rings is 3. The van der Waals surface area contributed by atoms with Crippen LogP contribution in [-0.4, -0.2) is 26.9 Å². The van der Waals surface area contributed by atoms with Crippen molar-refractivity contribution in [3.8, 4) is 17.8 Å². The van der Waals surface area contributed by atoms with Crippen LogP contribution < -0.4 is 11.1 Å². The van der Waals surface area contributed by atoms with Crippen molar-refractivity contribution >= 4 is 28.3 Å². The molecule has 3 aromatic rings. The average molecular weight is 345 g/mol. The molecule has 128 valence electrons. The number of aryl methyl sites for hydroxylation is 1. The van der Waals surface area contributed by atoms with Gasteiger partial charge in [-0.1, -0.05) is 4.85 Å². The van der Waals surface area contributed by atoms with Crippen LogP contribution >= 0.6 is 0 Å². The minimum absolute atomic E-state index is 0.0875. The van der Waals surface area contributed by atoms with Gasteiger partial charge in [-0.3, -0.25) is 9.78 Å². The van der Waals surface area contributed by atoms with Gasteiger partial charge in [-0.2, -0.15) is 0 Å². The Kier molecular flexibility index (Phi) is 3.73. The molecule has 7 nitrogen and oxygen atoms in total. The van der Waals surface area contributed by atoms with Gasteiger partial charge in [0.1, 0.15) is 17.6 Å². The number of hydrogen-bond donors (Lipinski definition) is 2. The first-order valence-electron chi connectivity index (χ1n) is 8.25. The first-order chi connectivity index (χ1) is 12.6. The van der Waals surface area contributed by atoms with Gasteiger partial charge in [0, 0.05) is 36.0 Å². The third kappa shape index (κ3) is 2.82. The van der Waals surface area contributed by atoms with E-state index in [9.17, 15) is 4.79 Å². The Balaban J connectivity index is 1.70. The Morgan fingerprint density at radius 3 is 2.96 bits per heavy atom. The number of nitrogen functional groups attached to an aromatic ring is 1. The maximum absolute atomic E-state index is 12.2. The summed E-state index contributed by atoms with van der Waals surface area (Å²) in [6.45, 7) is 7.23. The number of nitrogens with zero attached hydrogens (tertiary/aromatic N) is 4. The van der Waals surface area contributed by atoms with E-state index in [0.717, 1.165) is 27.6 Å². The molecule has 0 radical (unpaired) electrons. The largest absolute Gasteiger partial charge is 0.383 e. The quantitative estimate of drug-likeness (QED) is 0.760. The number of fused-ring (bicyclic) bond motifs is 1. The SMILES string of the molecule is C#[N+][C@H]1C[C@@H]1C(=O)Nc1cc2cc(-c3cnccc3C)nc(N)c2cn1. The zero-order valence-electron chi connectivity index (χ0n) is 14.2. The van der Waals surface area contributed by atoms with Crippen molar-refractivity contribution < 1.29 is 4.79 Å². The van der Waals surface area contributed by atoms with E-state index in [2.05, 4.69) is 25.1 Å². The molecule has 0 aromatic carbocycles. The molecular formula is C19H17N6O+. The smallest absolute Gasteiger partial charge is 0.285 e. The molecule has 1 aliphatic rings. The Labute approximate surface area is 150 Å². The molecule has 4 rings (SSSR count). The lowest BCUT2D eigenvalue weighted by molar-refractivity contribution is -0.117. The van der Waals surface area contributed by atoms with Gasteiger partial charge in [0.05, 0.1) is 5.69 Å². The minimum atomic E-state index is -0.173. The van der Waals surface area contributed by atoms with Gasteiger partial charge in [-0.25, -0.2) is 9.97 Å². The second-order valence-corrected chi connectivity index (χ2v) is 6.42. The monoisotopic (exact) mass is 345 g/mol. The first kappa shape index (κ1) is 16.0. The molecular weight excluding hydrogens is 328 g/mol. The first-order valence-corrected chi connectivity index (χ1v) is 8.25. The Hall–Kier alpha value is -3.53. The van der Waals surface area contributed by atoms with Gasteiger partial charge >= 0.3 is 0 Å². The zero-order chi connectivity index (χ0) is 18.3. The van der Waals surface area contributed by atoms with Crippen molar-refractivity contribution in [2.45, 2.75) is 19.4 Å². The van der Waals surface area contributed by atoms with Crippen LogP contribution in [0.4, 0.5) is 11.6 Å². The molecule has 1 amide bonds. The van der Waals surface area contributed by atoms with Crippen LogP contribution in [0, 0.1) is 19.4 Å². The number of amides is 1. The summed E-state index contributed by atoms with van der Waals surface area (Å²) in [5, 5.41) is 4.39. The fourth-order valence-corrected chi connectivity index (χ4v) is 2.96. The lowest BCUT2D eigenvalue weighted by atomic mass is 10.1. The Bertz CT molecular complexity index is 1070. The van der Waals surface area contributed by atoms with Crippen molar-refractivity contribution in [3.05, 3.63) is 47.2 Å². The molecule has 0 saturated heterocycles. The van der Waals surface area contributed by atoms with Crippen molar-refractivity contribution in [2.24, 2.45) is 5.92 Å². The number of anilines is 2. The lowest BCUT2D eigenvalue weighted by Gasteiger charge is -2.09. The van der Waals surface area contributed by atoms with Crippen LogP contribution in [0.2, 0.25) is 0 Å². The summed E-state index contributed by atoms with van der Waals surface area (Å²) in [7, 11) is 0. The van der Waals surface area contributed by atoms with Crippen molar-refractivity contribution in [1.82, 2.24) is 15.0 Å². The molecule has 0 aliphatic heterocycles. The van der Waals surface area contributed by atoms with Crippen LogP contribution in [-0.2, 0) is 4.79 Å². The van der Waals surface area contributed by atoms with Gasteiger partial charge in [0.2, 0.25) is 5.91 Å². The molecule has 3 aromatic heterocycles. The van der Waals surface area contributed by atoms with E-state index in [1.54, 1.807) is 24.7 Å². The maximum atomic E-state index is 12.2. The van der Waals surface area contributed by atoms with Crippen LogP contribution in [0.25, 0.3) is 26.9 Å². The van der Waals surface area contributed by atoms with E-state index in [4.69, 9.17) is 12.3 Å². The second kappa shape index (κ2) is 6.08. The normalized spacial score (nSPS) is 18.3. The molecule has 0 bridgehead atoms. The third-order valence-corrected chi connectivity index (χ3v) is 4.60. The van der Waals surface area contributed by atoms with Crippen LogP contribution in [0.5, 0.6) is 0 Å². The topological polar surface area (TPSA) is 98.2 Å². The molecule has 26 heavy (non-hydrogen) atoms. The van der Waals surface area contributed by atoms with Crippen molar-refractivity contribution in [1.29, 1.82) is 0 Å². The second-order valence-electron chi connectivity index (χ2n) is 6.42. The van der Waals surface area contributed by atoms with Gasteiger partial charge < -0.3 is 11.1 Å².